The highest BCUT2D eigenvalue weighted by Crippen LogP contribution is 2.28. The summed E-state index contributed by atoms with van der Waals surface area (Å²) >= 11 is 0. The number of amides is 1. The van der Waals surface area contributed by atoms with Crippen molar-refractivity contribution >= 4 is 17.6 Å². The van der Waals surface area contributed by atoms with Gasteiger partial charge in [-0.1, -0.05) is 48.5 Å². The Bertz CT molecular complexity index is 1100. The van der Waals surface area contributed by atoms with Crippen LogP contribution < -0.4 is 5.32 Å². The van der Waals surface area contributed by atoms with Gasteiger partial charge in [-0.15, -0.1) is 0 Å². The van der Waals surface area contributed by atoms with Gasteiger partial charge in [0.1, 0.15) is 0 Å². The van der Waals surface area contributed by atoms with Crippen LogP contribution in [0.25, 0.3) is 11.4 Å². The van der Waals surface area contributed by atoms with Gasteiger partial charge in [0, 0.05) is 24.0 Å². The van der Waals surface area contributed by atoms with Gasteiger partial charge in [-0.25, -0.2) is 9.97 Å². The quantitative estimate of drug-likeness (QED) is 0.324. The third-order valence-electron chi connectivity index (χ3n) is 4.50. The second-order valence-corrected chi connectivity index (χ2v) is 7.25. The summed E-state index contributed by atoms with van der Waals surface area (Å²) in [5.74, 6) is -0.692. The molecule has 1 atom stereocenters. The fourth-order valence-electron chi connectivity index (χ4n) is 3.09. The van der Waals surface area contributed by atoms with Crippen LogP contribution in [0.4, 0.5) is 5.69 Å². The number of carbonyl (C=O) groups is 2. The van der Waals surface area contributed by atoms with Crippen molar-refractivity contribution in [2.24, 2.45) is 0 Å². The molecule has 3 aromatic rings. The van der Waals surface area contributed by atoms with E-state index in [0.717, 1.165) is 5.56 Å². The van der Waals surface area contributed by atoms with Crippen LogP contribution in [0.5, 0.6) is 0 Å². The molecular weight excluding hydrogens is 412 g/mol. The number of nitro benzene ring substituents is 1. The number of para-hydroxylation sites is 1. The van der Waals surface area contributed by atoms with Gasteiger partial charge >= 0.3 is 5.97 Å². The summed E-state index contributed by atoms with van der Waals surface area (Å²) in [5, 5.41) is 14.2. The molecule has 32 heavy (non-hydrogen) atoms. The summed E-state index contributed by atoms with van der Waals surface area (Å²) in [4.78, 5) is 44.5. The predicted molar refractivity (Wildman–Crippen MR) is 117 cm³/mol. The second-order valence-electron chi connectivity index (χ2n) is 7.25. The average molecular weight is 434 g/mol. The van der Waals surface area contributed by atoms with Gasteiger partial charge in [0.2, 0.25) is 0 Å². The molecule has 1 amide bonds. The normalized spacial score (nSPS) is 11.6. The Labute approximate surface area is 184 Å². The third kappa shape index (κ3) is 5.72. The number of esters is 1. The Hall–Kier alpha value is -4.14. The van der Waals surface area contributed by atoms with E-state index in [1.165, 1.54) is 30.6 Å². The van der Waals surface area contributed by atoms with E-state index in [1.54, 1.807) is 19.9 Å². The molecule has 164 valence electrons. The fourth-order valence-corrected chi connectivity index (χ4v) is 3.09. The van der Waals surface area contributed by atoms with Crippen molar-refractivity contribution in [2.45, 2.75) is 32.4 Å². The van der Waals surface area contributed by atoms with Gasteiger partial charge in [0.05, 0.1) is 34.6 Å². The van der Waals surface area contributed by atoms with Crippen LogP contribution in [0.3, 0.4) is 0 Å². The van der Waals surface area contributed by atoms with Crippen LogP contribution in [0.1, 0.15) is 42.2 Å². The number of ether oxygens (including phenoxy) is 1. The number of nitro groups is 1. The highest BCUT2D eigenvalue weighted by atomic mass is 16.6. The Morgan fingerprint density at radius 1 is 1.03 bits per heavy atom. The average Bonchev–Trinajstić information content (AvgIpc) is 2.78. The summed E-state index contributed by atoms with van der Waals surface area (Å²) < 4.78 is 5.17. The Kier molecular flexibility index (Phi) is 7.22. The molecule has 0 bridgehead atoms. The van der Waals surface area contributed by atoms with Gasteiger partial charge in [-0.05, 0) is 13.8 Å². The highest BCUT2D eigenvalue weighted by molar-refractivity contribution is 5.94. The van der Waals surface area contributed by atoms with Crippen molar-refractivity contribution in [3.05, 3.63) is 88.2 Å². The monoisotopic (exact) mass is 434 g/mol. The summed E-state index contributed by atoms with van der Waals surface area (Å²) in [7, 11) is 0. The van der Waals surface area contributed by atoms with Crippen LogP contribution in [0.2, 0.25) is 0 Å². The summed E-state index contributed by atoms with van der Waals surface area (Å²) in [6, 6.07) is 14.2. The molecule has 9 nitrogen and oxygen atoms in total. The number of aromatic nitrogens is 2. The maximum Gasteiger partial charge on any atom is 0.308 e. The lowest BCUT2D eigenvalue weighted by Gasteiger charge is -2.19. The molecule has 0 saturated carbocycles. The SMILES string of the molecule is CC(C)OC(=O)CC(NC(=O)c1cnc(-c2ccccc2)nc1)c1ccccc1[N+](=O)[O-]. The molecule has 0 saturated heterocycles. The van der Waals surface area contributed by atoms with Gasteiger partial charge in [0.15, 0.2) is 5.82 Å². The van der Waals surface area contributed by atoms with Crippen LogP contribution in [-0.4, -0.2) is 32.9 Å². The molecular formula is C23H22N4O5. The smallest absolute Gasteiger partial charge is 0.308 e. The van der Waals surface area contributed by atoms with E-state index >= 15 is 0 Å². The van der Waals surface area contributed by atoms with Gasteiger partial charge in [-0.2, -0.15) is 0 Å². The molecule has 1 unspecified atom stereocenters. The number of rotatable bonds is 8. The van der Waals surface area contributed by atoms with Crippen LogP contribution in [-0.2, 0) is 9.53 Å². The second kappa shape index (κ2) is 10.3. The molecule has 0 spiro atoms. The number of benzene rings is 2. The standard InChI is InChI=1S/C23H22N4O5/c1-15(2)32-21(28)12-19(18-10-6-7-11-20(18)27(30)31)26-23(29)17-13-24-22(25-14-17)16-8-4-3-5-9-16/h3-11,13-15,19H,12H2,1-2H3,(H,26,29). The van der Waals surface area contributed by atoms with Crippen molar-refractivity contribution in [1.29, 1.82) is 0 Å². The van der Waals surface area contributed by atoms with E-state index in [9.17, 15) is 19.7 Å². The molecule has 0 aliphatic heterocycles. The minimum absolute atomic E-state index is 0.158. The molecule has 0 aliphatic carbocycles. The first-order valence-corrected chi connectivity index (χ1v) is 9.96. The largest absolute Gasteiger partial charge is 0.463 e. The van der Waals surface area contributed by atoms with E-state index in [1.807, 2.05) is 30.3 Å². The zero-order valence-corrected chi connectivity index (χ0v) is 17.6. The predicted octanol–water partition coefficient (Wildman–Crippen LogP) is 3.86. The zero-order valence-electron chi connectivity index (χ0n) is 17.6. The Morgan fingerprint density at radius 2 is 1.66 bits per heavy atom. The number of hydrogen-bond acceptors (Lipinski definition) is 7. The fraction of sp³-hybridized carbons (Fsp3) is 0.217. The highest BCUT2D eigenvalue weighted by Gasteiger charge is 2.27. The molecule has 1 heterocycles. The van der Waals surface area contributed by atoms with E-state index in [0.29, 0.717) is 5.82 Å². The molecule has 2 aromatic carbocycles. The Balaban J connectivity index is 1.85. The molecule has 0 radical (unpaired) electrons. The van der Waals surface area contributed by atoms with Crippen molar-refractivity contribution in [1.82, 2.24) is 15.3 Å². The van der Waals surface area contributed by atoms with Crippen molar-refractivity contribution in [3.63, 3.8) is 0 Å². The molecule has 0 aliphatic rings. The zero-order chi connectivity index (χ0) is 23.1. The van der Waals surface area contributed by atoms with E-state index in [4.69, 9.17) is 4.74 Å². The van der Waals surface area contributed by atoms with E-state index in [-0.39, 0.29) is 29.3 Å². The van der Waals surface area contributed by atoms with Crippen LogP contribution in [0, 0.1) is 10.1 Å². The molecule has 3 rings (SSSR count). The van der Waals surface area contributed by atoms with E-state index in [2.05, 4.69) is 15.3 Å². The third-order valence-corrected chi connectivity index (χ3v) is 4.50. The van der Waals surface area contributed by atoms with Gasteiger partial charge in [-0.3, -0.25) is 19.7 Å². The first-order chi connectivity index (χ1) is 15.3. The van der Waals surface area contributed by atoms with Crippen molar-refractivity contribution in [3.8, 4) is 11.4 Å². The Morgan fingerprint density at radius 3 is 2.28 bits per heavy atom. The van der Waals surface area contributed by atoms with Crippen molar-refractivity contribution < 1.29 is 19.2 Å². The van der Waals surface area contributed by atoms with Crippen molar-refractivity contribution in [2.75, 3.05) is 0 Å². The lowest BCUT2D eigenvalue weighted by molar-refractivity contribution is -0.385. The lowest BCUT2D eigenvalue weighted by atomic mass is 10.0. The minimum atomic E-state index is -0.968. The van der Waals surface area contributed by atoms with Gasteiger partial charge in [0.25, 0.3) is 11.6 Å². The first-order valence-electron chi connectivity index (χ1n) is 9.96. The van der Waals surface area contributed by atoms with Crippen LogP contribution in [0.15, 0.2) is 67.0 Å². The summed E-state index contributed by atoms with van der Waals surface area (Å²) in [6.07, 6.45) is 2.11. The minimum Gasteiger partial charge on any atom is -0.463 e. The molecule has 1 aromatic heterocycles. The number of carbonyl (C=O) groups excluding carboxylic acids is 2. The van der Waals surface area contributed by atoms with Gasteiger partial charge < -0.3 is 10.1 Å². The maximum atomic E-state index is 12.8. The number of nitrogens with one attached hydrogen (secondary N) is 1. The number of hydrogen-bond donors (Lipinski definition) is 1. The lowest BCUT2D eigenvalue weighted by Crippen LogP contribution is -2.31. The topological polar surface area (TPSA) is 124 Å². The van der Waals surface area contributed by atoms with Crippen LogP contribution >= 0.6 is 0 Å². The summed E-state index contributed by atoms with van der Waals surface area (Å²) in [5.41, 5.74) is 0.957. The molecule has 9 heteroatoms. The molecule has 0 fully saturated rings. The first kappa shape index (κ1) is 22.5. The summed E-state index contributed by atoms with van der Waals surface area (Å²) in [6.45, 7) is 3.39. The number of nitrogens with zero attached hydrogens (tertiary/aromatic N) is 3. The maximum absolute atomic E-state index is 12.8. The van der Waals surface area contributed by atoms with E-state index < -0.39 is 22.8 Å². The molecule has 1 N–H and O–H groups in total.